The summed E-state index contributed by atoms with van der Waals surface area (Å²) in [5, 5.41) is 6.16. The van der Waals surface area contributed by atoms with E-state index in [-0.39, 0.29) is 0 Å². The second-order valence-electron chi connectivity index (χ2n) is 5.69. The number of hydrogen-bond acceptors (Lipinski definition) is 2. The molecule has 3 aromatic rings. The van der Waals surface area contributed by atoms with E-state index in [4.69, 9.17) is 0 Å². The number of fused-ring (bicyclic) bond motifs is 1. The molecule has 1 aromatic heterocycles. The van der Waals surface area contributed by atoms with Crippen molar-refractivity contribution in [3.05, 3.63) is 60.7 Å². The standard InChI is InChI=1S/C18H19N3/c1-2-8-15-14(6-1)7-5-10-17(15)21-13-19-12-18(21)16-9-3-4-11-20-16/h1-2,5-8,10,12-13,16,20H,3-4,9,11H2. The number of benzene rings is 2. The molecule has 2 heterocycles. The third kappa shape index (κ3) is 2.24. The van der Waals surface area contributed by atoms with Crippen LogP contribution < -0.4 is 5.32 Å². The van der Waals surface area contributed by atoms with Crippen LogP contribution in [-0.2, 0) is 0 Å². The largest absolute Gasteiger partial charge is 0.309 e. The summed E-state index contributed by atoms with van der Waals surface area (Å²) in [6.07, 6.45) is 7.70. The Morgan fingerprint density at radius 1 is 1.05 bits per heavy atom. The summed E-state index contributed by atoms with van der Waals surface area (Å²) in [6.45, 7) is 1.10. The fraction of sp³-hybridized carbons (Fsp3) is 0.278. The molecule has 0 spiro atoms. The SMILES string of the molecule is c1ccc2c(-n3cncc3C3CCCCN3)cccc2c1. The minimum atomic E-state index is 0.417. The smallest absolute Gasteiger partial charge is 0.0994 e. The van der Waals surface area contributed by atoms with Crippen molar-refractivity contribution in [1.82, 2.24) is 14.9 Å². The Morgan fingerprint density at radius 2 is 1.95 bits per heavy atom. The van der Waals surface area contributed by atoms with Crippen LogP contribution in [0, 0.1) is 0 Å². The van der Waals surface area contributed by atoms with Crippen molar-refractivity contribution < 1.29 is 0 Å². The number of hydrogen-bond donors (Lipinski definition) is 1. The van der Waals surface area contributed by atoms with Gasteiger partial charge in [0.2, 0.25) is 0 Å². The summed E-state index contributed by atoms with van der Waals surface area (Å²) in [7, 11) is 0. The van der Waals surface area contributed by atoms with E-state index in [9.17, 15) is 0 Å². The summed E-state index contributed by atoms with van der Waals surface area (Å²) < 4.78 is 2.24. The molecule has 1 aliphatic heterocycles. The topological polar surface area (TPSA) is 29.9 Å². The Labute approximate surface area is 124 Å². The Hall–Kier alpha value is -2.13. The van der Waals surface area contributed by atoms with Crippen LogP contribution in [0.15, 0.2) is 55.0 Å². The first kappa shape index (κ1) is 12.6. The molecule has 1 saturated heterocycles. The van der Waals surface area contributed by atoms with Gasteiger partial charge < -0.3 is 9.88 Å². The van der Waals surface area contributed by atoms with Crippen LogP contribution in [0.2, 0.25) is 0 Å². The van der Waals surface area contributed by atoms with E-state index in [2.05, 4.69) is 57.3 Å². The highest BCUT2D eigenvalue weighted by Gasteiger charge is 2.19. The first-order valence-corrected chi connectivity index (χ1v) is 7.67. The molecule has 1 atom stereocenters. The van der Waals surface area contributed by atoms with E-state index in [1.807, 2.05) is 12.5 Å². The first-order chi connectivity index (χ1) is 10.4. The lowest BCUT2D eigenvalue weighted by Gasteiger charge is -2.24. The van der Waals surface area contributed by atoms with E-state index < -0.39 is 0 Å². The van der Waals surface area contributed by atoms with Gasteiger partial charge in [0.25, 0.3) is 0 Å². The molecule has 0 aliphatic carbocycles. The molecule has 3 nitrogen and oxygen atoms in total. The third-order valence-electron chi connectivity index (χ3n) is 4.36. The summed E-state index contributed by atoms with van der Waals surface area (Å²) in [5.41, 5.74) is 2.49. The highest BCUT2D eigenvalue weighted by Crippen LogP contribution is 2.28. The zero-order valence-electron chi connectivity index (χ0n) is 12.0. The fourth-order valence-corrected chi connectivity index (χ4v) is 3.29. The van der Waals surface area contributed by atoms with E-state index in [0.29, 0.717) is 6.04 Å². The summed E-state index contributed by atoms with van der Waals surface area (Å²) in [4.78, 5) is 4.40. The van der Waals surface area contributed by atoms with Gasteiger partial charge in [-0.25, -0.2) is 4.98 Å². The van der Waals surface area contributed by atoms with Crippen LogP contribution in [0.4, 0.5) is 0 Å². The maximum atomic E-state index is 4.40. The third-order valence-corrected chi connectivity index (χ3v) is 4.36. The van der Waals surface area contributed by atoms with Gasteiger partial charge in [-0.05, 0) is 30.8 Å². The van der Waals surface area contributed by atoms with Crippen LogP contribution in [-0.4, -0.2) is 16.1 Å². The number of aromatic nitrogens is 2. The van der Waals surface area contributed by atoms with Crippen molar-refractivity contribution in [3.63, 3.8) is 0 Å². The zero-order valence-corrected chi connectivity index (χ0v) is 12.0. The van der Waals surface area contributed by atoms with E-state index >= 15 is 0 Å². The number of rotatable bonds is 2. The van der Waals surface area contributed by atoms with Gasteiger partial charge in [-0.2, -0.15) is 0 Å². The second-order valence-corrected chi connectivity index (χ2v) is 5.69. The summed E-state index contributed by atoms with van der Waals surface area (Å²) in [5.74, 6) is 0. The van der Waals surface area contributed by atoms with Crippen molar-refractivity contribution in [2.24, 2.45) is 0 Å². The van der Waals surface area contributed by atoms with Gasteiger partial charge in [-0.1, -0.05) is 42.8 Å². The minimum absolute atomic E-state index is 0.417. The minimum Gasteiger partial charge on any atom is -0.309 e. The van der Waals surface area contributed by atoms with E-state index in [0.717, 1.165) is 6.54 Å². The average molecular weight is 277 g/mol. The lowest BCUT2D eigenvalue weighted by Crippen LogP contribution is -2.28. The first-order valence-electron chi connectivity index (χ1n) is 7.67. The molecule has 1 unspecified atom stereocenters. The molecule has 1 fully saturated rings. The predicted octanol–water partition coefficient (Wildman–Crippen LogP) is 3.84. The van der Waals surface area contributed by atoms with Crippen LogP contribution in [0.3, 0.4) is 0 Å². The molecule has 3 heteroatoms. The van der Waals surface area contributed by atoms with Gasteiger partial charge in [0, 0.05) is 11.4 Å². The molecular weight excluding hydrogens is 258 g/mol. The lowest BCUT2D eigenvalue weighted by atomic mass is 10.0. The summed E-state index contributed by atoms with van der Waals surface area (Å²) in [6, 6.07) is 15.4. The van der Waals surface area contributed by atoms with Gasteiger partial charge in [0.05, 0.1) is 23.9 Å². The molecule has 1 N–H and O–H groups in total. The molecule has 0 radical (unpaired) electrons. The molecular formula is C18H19N3. The lowest BCUT2D eigenvalue weighted by molar-refractivity contribution is 0.402. The Bertz CT molecular complexity index is 749. The monoisotopic (exact) mass is 277 g/mol. The van der Waals surface area contributed by atoms with E-state index in [1.165, 1.54) is 41.4 Å². The van der Waals surface area contributed by atoms with Crippen molar-refractivity contribution in [1.29, 1.82) is 0 Å². The molecule has 0 saturated carbocycles. The molecule has 106 valence electrons. The number of piperidine rings is 1. The van der Waals surface area contributed by atoms with Crippen molar-refractivity contribution >= 4 is 10.8 Å². The maximum absolute atomic E-state index is 4.40. The predicted molar refractivity (Wildman–Crippen MR) is 85.7 cm³/mol. The number of nitrogens with zero attached hydrogens (tertiary/aromatic N) is 2. The maximum Gasteiger partial charge on any atom is 0.0994 e. The summed E-state index contributed by atoms with van der Waals surface area (Å²) >= 11 is 0. The van der Waals surface area contributed by atoms with Crippen LogP contribution in [0.25, 0.3) is 16.5 Å². The number of nitrogens with one attached hydrogen (secondary N) is 1. The Kier molecular flexibility index (Phi) is 3.20. The van der Waals surface area contributed by atoms with Crippen LogP contribution in [0.1, 0.15) is 31.0 Å². The highest BCUT2D eigenvalue weighted by molar-refractivity contribution is 5.90. The zero-order chi connectivity index (χ0) is 14.1. The molecule has 0 amide bonds. The molecule has 0 bridgehead atoms. The van der Waals surface area contributed by atoms with E-state index in [1.54, 1.807) is 0 Å². The van der Waals surface area contributed by atoms with Crippen molar-refractivity contribution in [2.75, 3.05) is 6.54 Å². The molecule has 2 aromatic carbocycles. The fourth-order valence-electron chi connectivity index (χ4n) is 3.29. The van der Waals surface area contributed by atoms with Gasteiger partial charge in [-0.3, -0.25) is 0 Å². The van der Waals surface area contributed by atoms with Gasteiger partial charge in [0.1, 0.15) is 0 Å². The Morgan fingerprint density at radius 3 is 2.86 bits per heavy atom. The normalized spacial score (nSPS) is 19.0. The van der Waals surface area contributed by atoms with Gasteiger partial charge in [-0.15, -0.1) is 0 Å². The van der Waals surface area contributed by atoms with Gasteiger partial charge in [0.15, 0.2) is 0 Å². The quantitative estimate of drug-likeness (QED) is 0.771. The second kappa shape index (κ2) is 5.34. The molecule has 4 rings (SSSR count). The molecule has 21 heavy (non-hydrogen) atoms. The highest BCUT2D eigenvalue weighted by atomic mass is 15.1. The number of imidazole rings is 1. The van der Waals surface area contributed by atoms with Gasteiger partial charge >= 0.3 is 0 Å². The molecule has 1 aliphatic rings. The van der Waals surface area contributed by atoms with Crippen LogP contribution in [0.5, 0.6) is 0 Å². The van der Waals surface area contributed by atoms with Crippen molar-refractivity contribution in [3.8, 4) is 5.69 Å². The van der Waals surface area contributed by atoms with Crippen LogP contribution >= 0.6 is 0 Å². The van der Waals surface area contributed by atoms with Crippen molar-refractivity contribution in [2.45, 2.75) is 25.3 Å². The Balaban J connectivity index is 1.84. The average Bonchev–Trinajstić information content (AvgIpc) is 3.04.